The summed E-state index contributed by atoms with van der Waals surface area (Å²) in [5.41, 5.74) is -0.164. The highest BCUT2D eigenvalue weighted by Crippen LogP contribution is 2.43. The number of hydrogen-bond acceptors (Lipinski definition) is 4. The topological polar surface area (TPSA) is 62.7 Å². The van der Waals surface area contributed by atoms with E-state index in [4.69, 9.17) is 27.9 Å². The summed E-state index contributed by atoms with van der Waals surface area (Å²) in [6.07, 6.45) is 8.42. The maximum atomic E-state index is 12.9. The van der Waals surface area contributed by atoms with Crippen molar-refractivity contribution in [2.24, 2.45) is 11.8 Å². The number of hydrogen-bond donors (Lipinski definition) is 1. The lowest BCUT2D eigenvalue weighted by molar-refractivity contribution is 0.00463. The highest BCUT2D eigenvalue weighted by Gasteiger charge is 2.44. The van der Waals surface area contributed by atoms with Gasteiger partial charge in [-0.15, -0.1) is 0 Å². The second-order valence-electron chi connectivity index (χ2n) is 9.06. The summed E-state index contributed by atoms with van der Waals surface area (Å²) in [6, 6.07) is -0.417. The predicted molar refractivity (Wildman–Crippen MR) is 111 cm³/mol. The Kier molecular flexibility index (Phi) is 6.78. The van der Waals surface area contributed by atoms with Crippen LogP contribution in [0.25, 0.3) is 0 Å². The van der Waals surface area contributed by atoms with Crippen molar-refractivity contribution in [2.45, 2.75) is 77.0 Å². The maximum absolute atomic E-state index is 12.9. The smallest absolute Gasteiger partial charge is 0.410 e. The molecule has 3 rings (SSSR count). The summed E-state index contributed by atoms with van der Waals surface area (Å²) < 4.78 is 5.63. The molecule has 0 aromatic carbocycles. The van der Waals surface area contributed by atoms with Crippen molar-refractivity contribution in [3.63, 3.8) is 0 Å². The van der Waals surface area contributed by atoms with Gasteiger partial charge < -0.3 is 14.7 Å². The van der Waals surface area contributed by atoms with Gasteiger partial charge in [0.05, 0.1) is 16.1 Å². The molecule has 0 spiro atoms. The molecule has 2 fully saturated rings. The third-order valence-electron chi connectivity index (χ3n) is 5.87. The van der Waals surface area contributed by atoms with Crippen LogP contribution in [-0.4, -0.2) is 39.3 Å². The number of halogens is 2. The van der Waals surface area contributed by atoms with Crippen molar-refractivity contribution >= 4 is 29.3 Å². The van der Waals surface area contributed by atoms with Crippen molar-refractivity contribution in [3.05, 3.63) is 28.0 Å². The third-order valence-corrected chi connectivity index (χ3v) is 6.47. The average Bonchev–Trinajstić information content (AvgIpc) is 3.06. The number of carbonyl (C=O) groups is 1. The summed E-state index contributed by atoms with van der Waals surface area (Å²) in [7, 11) is 0. The van der Waals surface area contributed by atoms with Gasteiger partial charge in [0.1, 0.15) is 11.7 Å². The van der Waals surface area contributed by atoms with Gasteiger partial charge in [-0.3, -0.25) is 4.98 Å². The van der Waals surface area contributed by atoms with E-state index < -0.39 is 23.8 Å². The van der Waals surface area contributed by atoms with E-state index in [0.29, 0.717) is 34.0 Å². The molecule has 0 bridgehead atoms. The number of rotatable bonds is 3. The van der Waals surface area contributed by atoms with Crippen LogP contribution in [0.3, 0.4) is 0 Å². The molecule has 1 saturated heterocycles. The van der Waals surface area contributed by atoms with Crippen LogP contribution >= 0.6 is 23.2 Å². The number of aromatic nitrogens is 1. The van der Waals surface area contributed by atoms with Crippen LogP contribution in [0.4, 0.5) is 4.79 Å². The van der Waals surface area contributed by atoms with E-state index >= 15 is 0 Å². The highest BCUT2D eigenvalue weighted by atomic mass is 35.5. The Morgan fingerprint density at radius 3 is 2.36 bits per heavy atom. The molecule has 1 N–H and O–H groups in total. The molecule has 0 radical (unpaired) electrons. The number of amides is 1. The summed E-state index contributed by atoms with van der Waals surface area (Å²) in [5.74, 6) is 0.936. The minimum absolute atomic E-state index is 0.310. The lowest BCUT2D eigenvalue weighted by atomic mass is 9.78. The molecule has 156 valence electrons. The van der Waals surface area contributed by atoms with Gasteiger partial charge in [0, 0.05) is 24.5 Å². The lowest BCUT2D eigenvalue weighted by Gasteiger charge is -2.31. The molecule has 5 nitrogen and oxygen atoms in total. The van der Waals surface area contributed by atoms with Crippen LogP contribution in [0.2, 0.25) is 10.0 Å². The highest BCUT2D eigenvalue weighted by molar-refractivity contribution is 6.35. The van der Waals surface area contributed by atoms with Gasteiger partial charge in [-0.25, -0.2) is 4.79 Å². The van der Waals surface area contributed by atoms with Gasteiger partial charge in [0.2, 0.25) is 0 Å². The molecule has 1 aromatic rings. The van der Waals surface area contributed by atoms with Crippen LogP contribution in [0.15, 0.2) is 12.4 Å². The fourth-order valence-corrected chi connectivity index (χ4v) is 5.16. The molecule has 1 amide bonds. The van der Waals surface area contributed by atoms with Crippen LogP contribution in [0.1, 0.15) is 71.0 Å². The third kappa shape index (κ3) is 4.92. The number of aliphatic hydroxyl groups excluding tert-OH is 1. The molecule has 3 unspecified atom stereocenters. The summed E-state index contributed by atoms with van der Waals surface area (Å²) in [6.45, 7) is 6.15. The molecule has 1 saturated carbocycles. The van der Waals surface area contributed by atoms with Gasteiger partial charge in [0.15, 0.2) is 0 Å². The largest absolute Gasteiger partial charge is 0.444 e. The van der Waals surface area contributed by atoms with Crippen molar-refractivity contribution in [3.8, 4) is 0 Å². The minimum Gasteiger partial charge on any atom is -0.444 e. The van der Waals surface area contributed by atoms with Crippen molar-refractivity contribution in [2.75, 3.05) is 6.54 Å². The van der Waals surface area contributed by atoms with Gasteiger partial charge in [-0.2, -0.15) is 0 Å². The summed E-state index contributed by atoms with van der Waals surface area (Å²) >= 11 is 12.6. The summed E-state index contributed by atoms with van der Waals surface area (Å²) in [5, 5.41) is 11.8. The summed E-state index contributed by atoms with van der Waals surface area (Å²) in [4.78, 5) is 18.6. The van der Waals surface area contributed by atoms with E-state index in [0.717, 1.165) is 6.42 Å². The molecule has 2 aliphatic rings. The lowest BCUT2D eigenvalue weighted by Crippen LogP contribution is -2.42. The number of likely N-dealkylation sites (tertiary alicyclic amines) is 1. The number of pyridine rings is 1. The van der Waals surface area contributed by atoms with E-state index in [-0.39, 0.29) is 0 Å². The van der Waals surface area contributed by atoms with Crippen molar-refractivity contribution in [1.29, 1.82) is 0 Å². The van der Waals surface area contributed by atoms with E-state index in [1.807, 2.05) is 20.8 Å². The molecule has 3 atom stereocenters. The second-order valence-corrected chi connectivity index (χ2v) is 9.87. The average molecular weight is 429 g/mol. The maximum Gasteiger partial charge on any atom is 0.410 e. The number of carbonyl (C=O) groups excluding carboxylic acids is 1. The predicted octanol–water partition coefficient (Wildman–Crippen LogP) is 5.63. The monoisotopic (exact) mass is 428 g/mol. The van der Waals surface area contributed by atoms with Crippen LogP contribution in [0.5, 0.6) is 0 Å². The number of ether oxygens (including phenoxy) is 1. The zero-order valence-electron chi connectivity index (χ0n) is 16.8. The molecule has 7 heteroatoms. The zero-order valence-corrected chi connectivity index (χ0v) is 18.3. The Hall–Kier alpha value is -1.04. The first-order chi connectivity index (χ1) is 13.2. The minimum atomic E-state index is -0.982. The standard InChI is InChI=1S/C21H30Cl2N2O3/c1-21(2,3)28-20(27)25-12-14(13-7-5-4-6-8-13)9-17(25)19(26)18-15(22)10-24-11-16(18)23/h10-11,13-14,17,19,26H,4-9,12H2,1-3H3. The Morgan fingerprint density at radius 1 is 1.18 bits per heavy atom. The van der Waals surface area contributed by atoms with Crippen molar-refractivity contribution < 1.29 is 14.6 Å². The fraction of sp³-hybridized carbons (Fsp3) is 0.714. The first-order valence-corrected chi connectivity index (χ1v) is 10.9. The van der Waals surface area contributed by atoms with E-state index in [2.05, 4.69) is 4.98 Å². The molecule has 1 aromatic heterocycles. The van der Waals surface area contributed by atoms with E-state index in [1.165, 1.54) is 44.5 Å². The van der Waals surface area contributed by atoms with E-state index in [9.17, 15) is 9.90 Å². The number of aliphatic hydroxyl groups is 1. The quantitative estimate of drug-likeness (QED) is 0.677. The molecule has 2 heterocycles. The van der Waals surface area contributed by atoms with Gasteiger partial charge in [-0.05, 0) is 39.0 Å². The SMILES string of the molecule is CC(C)(C)OC(=O)N1CC(C2CCCCC2)CC1C(O)c1c(Cl)cncc1Cl. The van der Waals surface area contributed by atoms with Crippen LogP contribution in [-0.2, 0) is 4.74 Å². The Bertz CT molecular complexity index is 681. The molecular weight excluding hydrogens is 399 g/mol. The van der Waals surface area contributed by atoms with Crippen LogP contribution in [0, 0.1) is 11.8 Å². The zero-order chi connectivity index (χ0) is 20.5. The fourth-order valence-electron chi connectivity index (χ4n) is 4.57. The Labute approximate surface area is 177 Å². The Balaban J connectivity index is 1.86. The van der Waals surface area contributed by atoms with Crippen LogP contribution < -0.4 is 0 Å². The first-order valence-electron chi connectivity index (χ1n) is 10.1. The molecule has 1 aliphatic carbocycles. The molecule has 1 aliphatic heterocycles. The second kappa shape index (κ2) is 8.76. The van der Waals surface area contributed by atoms with Gasteiger partial charge >= 0.3 is 6.09 Å². The first kappa shape index (κ1) is 21.7. The Morgan fingerprint density at radius 2 is 1.79 bits per heavy atom. The van der Waals surface area contributed by atoms with Gasteiger partial charge in [-0.1, -0.05) is 55.3 Å². The van der Waals surface area contributed by atoms with Gasteiger partial charge in [0.25, 0.3) is 0 Å². The molecule has 28 heavy (non-hydrogen) atoms. The number of nitrogens with zero attached hydrogens (tertiary/aromatic N) is 2. The molecular formula is C21H30Cl2N2O3. The van der Waals surface area contributed by atoms with E-state index in [1.54, 1.807) is 4.90 Å². The van der Waals surface area contributed by atoms with Crippen molar-refractivity contribution in [1.82, 2.24) is 9.88 Å². The normalized spacial score (nSPS) is 25.0.